The molecule has 10 nitrogen and oxygen atoms in total. The highest BCUT2D eigenvalue weighted by atomic mass is 16.5. The van der Waals surface area contributed by atoms with Gasteiger partial charge in [-0.25, -0.2) is 0 Å². The highest BCUT2D eigenvalue weighted by Crippen LogP contribution is 2.12. The van der Waals surface area contributed by atoms with E-state index in [9.17, 15) is 24.0 Å². The van der Waals surface area contributed by atoms with Crippen LogP contribution in [-0.2, 0) is 36.9 Å². The van der Waals surface area contributed by atoms with Gasteiger partial charge < -0.3 is 26.0 Å². The molecule has 45 heavy (non-hydrogen) atoms. The monoisotopic (exact) mass is 614 g/mol. The summed E-state index contributed by atoms with van der Waals surface area (Å²) in [5.41, 5.74) is 2.00. The Bertz CT molecular complexity index is 1430. The van der Waals surface area contributed by atoms with Crippen LogP contribution < -0.4 is 26.0 Å². The number of ketones is 1. The van der Waals surface area contributed by atoms with Crippen LogP contribution in [0.15, 0.2) is 90.6 Å². The number of rotatable bonds is 14. The maximum Gasteiger partial charge on any atom is 0.289 e. The topological polar surface area (TPSA) is 143 Å². The minimum absolute atomic E-state index is 0.122. The summed E-state index contributed by atoms with van der Waals surface area (Å²) in [5, 5.41) is 10.7. The number of nitrogens with one attached hydrogen (secondary N) is 4. The van der Waals surface area contributed by atoms with Gasteiger partial charge in [0.15, 0.2) is 0 Å². The zero-order valence-electron chi connectivity index (χ0n) is 26.2. The predicted molar refractivity (Wildman–Crippen MR) is 172 cm³/mol. The summed E-state index contributed by atoms with van der Waals surface area (Å²) < 4.78 is 5.13. The Labute approximate surface area is 264 Å². The van der Waals surface area contributed by atoms with Gasteiger partial charge in [0.05, 0.1) is 13.2 Å². The van der Waals surface area contributed by atoms with Crippen LogP contribution in [0, 0.1) is 5.92 Å². The first kappa shape index (κ1) is 34.5. The molecule has 0 radical (unpaired) electrons. The van der Waals surface area contributed by atoms with E-state index < -0.39 is 53.5 Å². The first-order chi connectivity index (χ1) is 21.6. The lowest BCUT2D eigenvalue weighted by molar-refractivity contribution is -0.141. The third-order valence-corrected chi connectivity index (χ3v) is 7.21. The van der Waals surface area contributed by atoms with Crippen molar-refractivity contribution in [3.8, 4) is 5.75 Å². The van der Waals surface area contributed by atoms with E-state index >= 15 is 0 Å². The number of hydrogen-bond donors (Lipinski definition) is 4. The molecule has 1 aliphatic rings. The van der Waals surface area contributed by atoms with E-state index in [1.54, 1.807) is 57.4 Å². The molecule has 238 valence electrons. The Morgan fingerprint density at radius 2 is 1.49 bits per heavy atom. The van der Waals surface area contributed by atoms with Gasteiger partial charge in [0.2, 0.25) is 17.6 Å². The molecule has 0 heterocycles. The van der Waals surface area contributed by atoms with E-state index in [0.717, 1.165) is 24.0 Å². The maximum absolute atomic E-state index is 13.4. The fourth-order valence-electron chi connectivity index (χ4n) is 4.53. The molecule has 0 aromatic heterocycles. The van der Waals surface area contributed by atoms with Crippen LogP contribution >= 0.6 is 0 Å². The van der Waals surface area contributed by atoms with Crippen molar-refractivity contribution >= 4 is 29.4 Å². The second-order valence-corrected chi connectivity index (χ2v) is 11.1. The summed E-state index contributed by atoms with van der Waals surface area (Å²) in [7, 11) is 1.55. The lowest BCUT2D eigenvalue weighted by Gasteiger charge is -2.25. The molecule has 2 aromatic carbocycles. The normalized spacial score (nSPS) is 14.6. The van der Waals surface area contributed by atoms with Crippen LogP contribution in [0.3, 0.4) is 0 Å². The van der Waals surface area contributed by atoms with E-state index in [-0.39, 0.29) is 13.0 Å². The van der Waals surface area contributed by atoms with E-state index in [2.05, 4.69) is 21.3 Å². The van der Waals surface area contributed by atoms with Crippen LogP contribution in [0.5, 0.6) is 5.75 Å². The Kier molecular flexibility index (Phi) is 13.3. The van der Waals surface area contributed by atoms with Crippen molar-refractivity contribution in [1.29, 1.82) is 0 Å². The summed E-state index contributed by atoms with van der Waals surface area (Å²) in [6.07, 6.45) is 11.0. The standard InChI is InChI=1S/C35H42N4O6/c1-23(2)30(31(40)35(44)36-22-26-17-19-28(45-4)20-18-26)39-32(41)24(3)37-34(43)29(21-25-13-9-8-10-14-25)38-33(42)27-15-11-6-5-7-12-16-27/h6,8-20,23-24,29-30H,5,7,21-22H2,1-4H3,(H,36,44)(H,37,43)(H,38,42)(H,39,41). The summed E-state index contributed by atoms with van der Waals surface area (Å²) in [4.78, 5) is 65.4. The van der Waals surface area contributed by atoms with E-state index in [4.69, 9.17) is 4.74 Å². The molecule has 10 heteroatoms. The number of allylic oxidation sites excluding steroid dienone is 4. The average Bonchev–Trinajstić information content (AvgIpc) is 3.01. The number of ether oxygens (including phenoxy) is 1. The number of carbonyl (C=O) groups is 5. The van der Waals surface area contributed by atoms with Crippen LogP contribution in [0.25, 0.3) is 0 Å². The summed E-state index contributed by atoms with van der Waals surface area (Å²) in [6, 6.07) is 13.1. The minimum atomic E-state index is -1.11. The number of Topliss-reactive ketones (excluding diaryl/α,β-unsaturated/α-hetero) is 1. The van der Waals surface area contributed by atoms with E-state index in [1.165, 1.54) is 6.92 Å². The second kappa shape index (κ2) is 17.3. The van der Waals surface area contributed by atoms with Gasteiger partial charge in [-0.15, -0.1) is 0 Å². The number of methoxy groups -OCH3 is 1. The van der Waals surface area contributed by atoms with Crippen LogP contribution in [0.4, 0.5) is 0 Å². The molecule has 1 aliphatic carbocycles. The molecule has 0 saturated heterocycles. The van der Waals surface area contributed by atoms with Crippen molar-refractivity contribution in [1.82, 2.24) is 21.3 Å². The number of carbonyl (C=O) groups excluding carboxylic acids is 5. The molecule has 0 spiro atoms. The summed E-state index contributed by atoms with van der Waals surface area (Å²) >= 11 is 0. The van der Waals surface area contributed by atoms with Crippen molar-refractivity contribution in [3.63, 3.8) is 0 Å². The molecular weight excluding hydrogens is 572 g/mol. The van der Waals surface area contributed by atoms with Crippen LogP contribution in [-0.4, -0.2) is 54.6 Å². The smallest absolute Gasteiger partial charge is 0.289 e. The molecular formula is C35H42N4O6. The van der Waals surface area contributed by atoms with Gasteiger partial charge in [-0.1, -0.05) is 80.6 Å². The fourth-order valence-corrected chi connectivity index (χ4v) is 4.53. The fraction of sp³-hybridized carbons (Fsp3) is 0.343. The Hall–Kier alpha value is -4.99. The zero-order chi connectivity index (χ0) is 32.8. The van der Waals surface area contributed by atoms with Crippen molar-refractivity contribution in [3.05, 3.63) is 102 Å². The lowest BCUT2D eigenvalue weighted by Crippen LogP contribution is -2.57. The van der Waals surface area contributed by atoms with Gasteiger partial charge in [-0.2, -0.15) is 0 Å². The molecule has 2 aromatic rings. The van der Waals surface area contributed by atoms with Crippen molar-refractivity contribution in [2.75, 3.05) is 7.11 Å². The molecule has 4 amide bonds. The quantitative estimate of drug-likeness (QED) is 0.241. The maximum atomic E-state index is 13.4. The predicted octanol–water partition coefficient (Wildman–Crippen LogP) is 3.09. The van der Waals surface area contributed by atoms with Crippen molar-refractivity contribution in [2.45, 2.75) is 64.7 Å². The van der Waals surface area contributed by atoms with Gasteiger partial charge >= 0.3 is 0 Å². The lowest BCUT2D eigenvalue weighted by atomic mass is 9.98. The number of benzene rings is 2. The highest BCUT2D eigenvalue weighted by Gasteiger charge is 2.32. The highest BCUT2D eigenvalue weighted by molar-refractivity contribution is 6.38. The summed E-state index contributed by atoms with van der Waals surface area (Å²) in [6.45, 7) is 5.02. The molecule has 3 atom stereocenters. The second-order valence-electron chi connectivity index (χ2n) is 11.1. The third kappa shape index (κ3) is 10.9. The number of amides is 4. The third-order valence-electron chi connectivity index (χ3n) is 7.21. The van der Waals surface area contributed by atoms with Crippen LogP contribution in [0.2, 0.25) is 0 Å². The average molecular weight is 615 g/mol. The van der Waals surface area contributed by atoms with Gasteiger partial charge in [0.1, 0.15) is 17.8 Å². The first-order valence-corrected chi connectivity index (χ1v) is 15.0. The molecule has 3 unspecified atom stereocenters. The summed E-state index contributed by atoms with van der Waals surface area (Å²) in [5.74, 6) is -2.99. The number of hydrogen-bond acceptors (Lipinski definition) is 6. The van der Waals surface area contributed by atoms with Crippen molar-refractivity contribution < 1.29 is 28.7 Å². The largest absolute Gasteiger partial charge is 0.497 e. The molecule has 3 rings (SSSR count). The SMILES string of the molecule is COc1ccc(CNC(=O)C(=O)C(NC(=O)C(C)NC(=O)C(Cc2ccccc2)NC(=O)C2=CC=CCCC=C2)C(C)C)cc1. The first-order valence-electron chi connectivity index (χ1n) is 15.0. The zero-order valence-corrected chi connectivity index (χ0v) is 26.2. The van der Waals surface area contributed by atoms with E-state index in [0.29, 0.717) is 11.3 Å². The van der Waals surface area contributed by atoms with Crippen molar-refractivity contribution in [2.24, 2.45) is 5.92 Å². The molecule has 0 saturated carbocycles. The van der Waals surface area contributed by atoms with Gasteiger partial charge in [-0.3, -0.25) is 24.0 Å². The Balaban J connectivity index is 1.64. The molecule has 0 bridgehead atoms. The van der Waals surface area contributed by atoms with Gasteiger partial charge in [0.25, 0.3) is 11.8 Å². The molecule has 4 N–H and O–H groups in total. The minimum Gasteiger partial charge on any atom is -0.497 e. The van der Waals surface area contributed by atoms with Crippen LogP contribution in [0.1, 0.15) is 44.7 Å². The Morgan fingerprint density at radius 3 is 2.16 bits per heavy atom. The van der Waals surface area contributed by atoms with E-state index in [1.807, 2.05) is 48.6 Å². The molecule has 0 aliphatic heterocycles. The van der Waals surface area contributed by atoms with Gasteiger partial charge in [0, 0.05) is 18.5 Å². The molecule has 0 fully saturated rings. The van der Waals surface area contributed by atoms with Gasteiger partial charge in [-0.05, 0) is 55.0 Å². The Morgan fingerprint density at radius 1 is 0.800 bits per heavy atom.